The maximum atomic E-state index is 6.65. The summed E-state index contributed by atoms with van der Waals surface area (Å²) in [5.41, 5.74) is 16.8. The number of ether oxygens (including phenoxy) is 2. The number of hydrogen-bond acceptors (Lipinski definition) is 8. The molecule has 0 aliphatic heterocycles. The first-order chi connectivity index (χ1) is 16.0. The molecule has 2 aromatic heterocycles. The summed E-state index contributed by atoms with van der Waals surface area (Å²) < 4.78 is 13.2. The van der Waals surface area contributed by atoms with Crippen molar-refractivity contribution in [1.29, 1.82) is 0 Å². The van der Waals surface area contributed by atoms with Gasteiger partial charge in [-0.2, -0.15) is 5.10 Å². The first-order valence-electron chi connectivity index (χ1n) is 10.4. The fraction of sp³-hybridized carbons (Fsp3) is 0.217. The van der Waals surface area contributed by atoms with E-state index >= 15 is 0 Å². The highest BCUT2D eigenvalue weighted by molar-refractivity contribution is 7.28. The number of aryl methyl sites for hydroxylation is 1. The van der Waals surface area contributed by atoms with E-state index in [-0.39, 0.29) is 0 Å². The van der Waals surface area contributed by atoms with Crippen molar-refractivity contribution >= 4 is 42.8 Å². The van der Waals surface area contributed by atoms with Gasteiger partial charge in [-0.05, 0) is 37.7 Å². The van der Waals surface area contributed by atoms with Crippen LogP contribution < -0.4 is 37.0 Å². The molecule has 0 saturated carbocycles. The summed E-state index contributed by atoms with van der Waals surface area (Å²) in [6.07, 6.45) is 0. The van der Waals surface area contributed by atoms with Crippen LogP contribution in [0, 0.1) is 6.92 Å². The average molecular weight is 465 g/mol. The SMILES string of the molecule is CNCOc1ccc(-n2c(N)c3c(C)nnc(NCc4ccccc4N)c3c2P)c(OC)c1. The molecule has 10 heteroatoms. The second-order valence-electron chi connectivity index (χ2n) is 7.52. The Morgan fingerprint density at radius 3 is 2.61 bits per heavy atom. The molecule has 0 fully saturated rings. The molecule has 172 valence electrons. The normalized spacial score (nSPS) is 11.0. The third kappa shape index (κ3) is 4.25. The van der Waals surface area contributed by atoms with Crippen molar-refractivity contribution in [2.45, 2.75) is 13.5 Å². The standard InChI is InChI=1S/C23H28N7O2P/c1-13-19-20(22(29-28-13)27-11-14-6-4-5-7-16(14)24)23(33)30(21(19)25)17-9-8-15(32-12-26-2)10-18(17)31-3/h4-10,26H,11-12,24-25,33H2,1-3H3,(H,27,29). The quantitative estimate of drug-likeness (QED) is 0.178. The molecule has 0 aliphatic rings. The van der Waals surface area contributed by atoms with Crippen LogP contribution in [0.5, 0.6) is 11.5 Å². The van der Waals surface area contributed by atoms with Crippen LogP contribution in [-0.2, 0) is 6.54 Å². The van der Waals surface area contributed by atoms with E-state index in [0.29, 0.717) is 36.4 Å². The smallest absolute Gasteiger partial charge is 0.159 e. The Bertz CT molecular complexity index is 1310. The van der Waals surface area contributed by atoms with Crippen LogP contribution in [-0.4, -0.2) is 35.7 Å². The van der Waals surface area contributed by atoms with Gasteiger partial charge in [0.1, 0.15) is 24.0 Å². The second-order valence-corrected chi connectivity index (χ2v) is 8.07. The van der Waals surface area contributed by atoms with Gasteiger partial charge in [0.25, 0.3) is 0 Å². The molecule has 9 nitrogen and oxygen atoms in total. The number of nitrogens with zero attached hydrogens (tertiary/aromatic N) is 3. The van der Waals surface area contributed by atoms with Gasteiger partial charge >= 0.3 is 0 Å². The van der Waals surface area contributed by atoms with E-state index < -0.39 is 0 Å². The van der Waals surface area contributed by atoms with Crippen molar-refractivity contribution < 1.29 is 9.47 Å². The topological polar surface area (TPSA) is 125 Å². The molecule has 2 aromatic carbocycles. The summed E-state index contributed by atoms with van der Waals surface area (Å²) in [4.78, 5) is 0. The van der Waals surface area contributed by atoms with E-state index in [9.17, 15) is 0 Å². The van der Waals surface area contributed by atoms with E-state index in [4.69, 9.17) is 20.9 Å². The molecule has 0 spiro atoms. The van der Waals surface area contributed by atoms with Gasteiger partial charge in [0, 0.05) is 18.3 Å². The lowest BCUT2D eigenvalue weighted by Gasteiger charge is -2.15. The second kappa shape index (κ2) is 9.52. The highest BCUT2D eigenvalue weighted by Gasteiger charge is 2.22. The molecule has 0 aliphatic carbocycles. The minimum absolute atomic E-state index is 0.393. The minimum atomic E-state index is 0.393. The van der Waals surface area contributed by atoms with E-state index in [1.807, 2.05) is 61.0 Å². The molecular formula is C23H28N7O2P. The van der Waals surface area contributed by atoms with Crippen molar-refractivity contribution in [3.05, 3.63) is 53.7 Å². The van der Waals surface area contributed by atoms with E-state index in [0.717, 1.165) is 38.8 Å². The zero-order chi connectivity index (χ0) is 23.5. The Balaban J connectivity index is 1.81. The number of nitrogen functional groups attached to an aromatic ring is 2. The number of nitrogens with two attached hydrogens (primary N) is 2. The number of benzene rings is 2. The van der Waals surface area contributed by atoms with Gasteiger partial charge in [-0.1, -0.05) is 27.4 Å². The molecule has 6 N–H and O–H groups in total. The summed E-state index contributed by atoms with van der Waals surface area (Å²) in [6, 6.07) is 13.3. The van der Waals surface area contributed by atoms with Crippen molar-refractivity contribution in [3.8, 4) is 17.2 Å². The Hall–Kier alpha value is -3.55. The first-order valence-corrected chi connectivity index (χ1v) is 11.0. The number of aromatic nitrogens is 3. The molecule has 2 heterocycles. The Labute approximate surface area is 194 Å². The molecule has 0 radical (unpaired) electrons. The van der Waals surface area contributed by atoms with Gasteiger partial charge in [-0.15, -0.1) is 5.10 Å². The average Bonchev–Trinajstić information content (AvgIpc) is 3.09. The van der Waals surface area contributed by atoms with E-state index in [1.165, 1.54) is 0 Å². The van der Waals surface area contributed by atoms with Gasteiger partial charge in [-0.3, -0.25) is 9.88 Å². The van der Waals surface area contributed by atoms with Crippen LogP contribution in [0.25, 0.3) is 16.5 Å². The Morgan fingerprint density at radius 2 is 1.88 bits per heavy atom. The molecule has 0 amide bonds. The summed E-state index contributed by atoms with van der Waals surface area (Å²) in [7, 11) is 6.22. The van der Waals surface area contributed by atoms with E-state index in [2.05, 4.69) is 30.1 Å². The maximum absolute atomic E-state index is 6.65. The highest BCUT2D eigenvalue weighted by Crippen LogP contribution is 2.36. The monoisotopic (exact) mass is 465 g/mol. The number of fused-ring (bicyclic) bond motifs is 1. The molecule has 4 rings (SSSR count). The van der Waals surface area contributed by atoms with Crippen molar-refractivity contribution in [1.82, 2.24) is 20.1 Å². The summed E-state index contributed by atoms with van der Waals surface area (Å²) in [5.74, 6) is 2.49. The number of nitrogens with one attached hydrogen (secondary N) is 2. The summed E-state index contributed by atoms with van der Waals surface area (Å²) >= 11 is 0. The summed E-state index contributed by atoms with van der Waals surface area (Å²) in [6.45, 7) is 2.80. The van der Waals surface area contributed by atoms with Gasteiger partial charge < -0.3 is 26.3 Å². The van der Waals surface area contributed by atoms with Crippen LogP contribution in [0.4, 0.5) is 17.3 Å². The molecule has 0 bridgehead atoms. The lowest BCUT2D eigenvalue weighted by atomic mass is 10.2. The number of hydrogen-bond donors (Lipinski definition) is 4. The largest absolute Gasteiger partial charge is 0.494 e. The number of methoxy groups -OCH3 is 1. The van der Waals surface area contributed by atoms with Crippen LogP contribution in [0.2, 0.25) is 0 Å². The van der Waals surface area contributed by atoms with Crippen molar-refractivity contribution in [2.24, 2.45) is 0 Å². The predicted octanol–water partition coefficient (Wildman–Crippen LogP) is 2.57. The summed E-state index contributed by atoms with van der Waals surface area (Å²) in [5, 5.41) is 16.8. The first kappa shape index (κ1) is 22.6. The van der Waals surface area contributed by atoms with Gasteiger partial charge in [0.05, 0.1) is 34.7 Å². The van der Waals surface area contributed by atoms with Crippen LogP contribution in [0.15, 0.2) is 42.5 Å². The van der Waals surface area contributed by atoms with Crippen molar-refractivity contribution in [3.63, 3.8) is 0 Å². The molecule has 1 unspecified atom stereocenters. The minimum Gasteiger partial charge on any atom is -0.494 e. The Morgan fingerprint density at radius 1 is 1.09 bits per heavy atom. The molecule has 0 saturated heterocycles. The number of para-hydroxylation sites is 1. The molecular weight excluding hydrogens is 437 g/mol. The lowest BCUT2D eigenvalue weighted by Crippen LogP contribution is -2.15. The highest BCUT2D eigenvalue weighted by atomic mass is 31.0. The van der Waals surface area contributed by atoms with Gasteiger partial charge in [-0.25, -0.2) is 0 Å². The number of rotatable bonds is 8. The van der Waals surface area contributed by atoms with Gasteiger partial charge in [0.2, 0.25) is 0 Å². The third-order valence-corrected chi connectivity index (χ3v) is 5.97. The molecule has 33 heavy (non-hydrogen) atoms. The molecule has 4 aromatic rings. The number of anilines is 3. The fourth-order valence-corrected chi connectivity index (χ4v) is 4.35. The third-order valence-electron chi connectivity index (χ3n) is 5.42. The van der Waals surface area contributed by atoms with Crippen molar-refractivity contribution in [2.75, 3.05) is 37.7 Å². The zero-order valence-electron chi connectivity index (χ0n) is 18.8. The van der Waals surface area contributed by atoms with Crippen LogP contribution >= 0.6 is 9.24 Å². The Kier molecular flexibility index (Phi) is 6.53. The maximum Gasteiger partial charge on any atom is 0.159 e. The van der Waals surface area contributed by atoms with Crippen LogP contribution in [0.3, 0.4) is 0 Å². The van der Waals surface area contributed by atoms with Crippen LogP contribution in [0.1, 0.15) is 11.3 Å². The zero-order valence-corrected chi connectivity index (χ0v) is 20.0. The van der Waals surface area contributed by atoms with E-state index in [1.54, 1.807) is 7.11 Å². The lowest BCUT2D eigenvalue weighted by molar-refractivity contribution is 0.294. The predicted molar refractivity (Wildman–Crippen MR) is 137 cm³/mol. The van der Waals surface area contributed by atoms with Gasteiger partial charge in [0.15, 0.2) is 5.82 Å². The molecule has 1 atom stereocenters. The fourth-order valence-electron chi connectivity index (χ4n) is 3.79.